The molecule has 1 unspecified atom stereocenters. The van der Waals surface area contributed by atoms with E-state index in [9.17, 15) is 0 Å². The lowest BCUT2D eigenvalue weighted by molar-refractivity contribution is 0.373. The van der Waals surface area contributed by atoms with E-state index in [1.54, 1.807) is 0 Å². The zero-order chi connectivity index (χ0) is 11.7. The Hall–Kier alpha value is -0.260. The molecule has 0 heteroatoms. The molecular weight excluding hydrogens is 180 g/mol. The molecule has 0 amide bonds. The van der Waals surface area contributed by atoms with E-state index >= 15 is 0 Å². The van der Waals surface area contributed by atoms with Crippen LogP contribution in [0.2, 0.25) is 0 Å². The van der Waals surface area contributed by atoms with Gasteiger partial charge < -0.3 is 0 Å². The van der Waals surface area contributed by atoms with Gasteiger partial charge in [-0.25, -0.2) is 0 Å². The molecule has 0 aromatic carbocycles. The van der Waals surface area contributed by atoms with Gasteiger partial charge in [-0.3, -0.25) is 0 Å². The number of unbranched alkanes of at least 4 members (excludes halogenated alkanes) is 1. The van der Waals surface area contributed by atoms with Crippen LogP contribution in [-0.4, -0.2) is 0 Å². The molecule has 1 atom stereocenters. The van der Waals surface area contributed by atoms with Gasteiger partial charge in [0, 0.05) is 0 Å². The third kappa shape index (κ3) is 8.72. The predicted molar refractivity (Wildman–Crippen MR) is 71.1 cm³/mol. The van der Waals surface area contributed by atoms with Crippen LogP contribution in [0, 0.1) is 11.3 Å². The second kappa shape index (κ2) is 7.96. The van der Waals surface area contributed by atoms with Crippen LogP contribution in [0.25, 0.3) is 0 Å². The molecule has 0 spiro atoms. The Bertz CT molecular complexity index is 165. The monoisotopic (exact) mass is 210 g/mol. The third-order valence-electron chi connectivity index (χ3n) is 3.19. The summed E-state index contributed by atoms with van der Waals surface area (Å²) in [6, 6.07) is 0. The average Bonchev–Trinajstić information content (AvgIpc) is 2.14. The molecular formula is C15H30. The first kappa shape index (κ1) is 14.7. The van der Waals surface area contributed by atoms with Gasteiger partial charge in [-0.2, -0.15) is 0 Å². The van der Waals surface area contributed by atoms with Crippen molar-refractivity contribution >= 4 is 0 Å². The van der Waals surface area contributed by atoms with Crippen molar-refractivity contribution in [3.63, 3.8) is 0 Å². The summed E-state index contributed by atoms with van der Waals surface area (Å²) in [4.78, 5) is 0. The Morgan fingerprint density at radius 2 is 1.73 bits per heavy atom. The molecule has 0 aromatic rings. The summed E-state index contributed by atoms with van der Waals surface area (Å²) in [7, 11) is 0. The Balaban J connectivity index is 3.60. The summed E-state index contributed by atoms with van der Waals surface area (Å²) >= 11 is 0. The van der Waals surface area contributed by atoms with Gasteiger partial charge in [0.25, 0.3) is 0 Å². The Labute approximate surface area is 97.2 Å². The van der Waals surface area contributed by atoms with Gasteiger partial charge in [-0.1, -0.05) is 72.0 Å². The largest absolute Gasteiger partial charge is 0.0911 e. The molecule has 0 saturated carbocycles. The van der Waals surface area contributed by atoms with Gasteiger partial charge in [0.1, 0.15) is 0 Å². The van der Waals surface area contributed by atoms with Crippen molar-refractivity contribution in [1.82, 2.24) is 0 Å². The first-order valence-corrected chi connectivity index (χ1v) is 6.65. The SMILES string of the molecule is CC=CC(C)(C)CCCC(C)CCCC. The van der Waals surface area contributed by atoms with Crippen LogP contribution < -0.4 is 0 Å². The van der Waals surface area contributed by atoms with E-state index < -0.39 is 0 Å². The second-order valence-corrected chi connectivity index (χ2v) is 5.63. The number of hydrogen-bond donors (Lipinski definition) is 0. The molecule has 0 bridgehead atoms. The molecule has 15 heavy (non-hydrogen) atoms. The molecule has 0 saturated heterocycles. The highest BCUT2D eigenvalue weighted by molar-refractivity contribution is 4.92. The molecule has 0 aliphatic rings. The zero-order valence-electron chi connectivity index (χ0n) is 11.5. The Morgan fingerprint density at radius 3 is 2.27 bits per heavy atom. The maximum absolute atomic E-state index is 2.40. The summed E-state index contributed by atoms with van der Waals surface area (Å²) in [5.74, 6) is 0.923. The molecule has 0 nitrogen and oxygen atoms in total. The summed E-state index contributed by atoms with van der Waals surface area (Å²) in [6.07, 6.45) is 12.8. The van der Waals surface area contributed by atoms with Gasteiger partial charge in [-0.05, 0) is 24.7 Å². The van der Waals surface area contributed by atoms with Crippen molar-refractivity contribution in [2.24, 2.45) is 11.3 Å². The zero-order valence-corrected chi connectivity index (χ0v) is 11.5. The third-order valence-corrected chi connectivity index (χ3v) is 3.19. The van der Waals surface area contributed by atoms with Crippen molar-refractivity contribution in [1.29, 1.82) is 0 Å². The van der Waals surface area contributed by atoms with Crippen molar-refractivity contribution < 1.29 is 0 Å². The van der Waals surface area contributed by atoms with Crippen LogP contribution in [0.1, 0.15) is 73.1 Å². The lowest BCUT2D eigenvalue weighted by Crippen LogP contribution is -2.07. The molecule has 0 aromatic heterocycles. The maximum Gasteiger partial charge on any atom is -0.0175 e. The van der Waals surface area contributed by atoms with Gasteiger partial charge in [0.05, 0.1) is 0 Å². The first-order chi connectivity index (χ1) is 7.02. The van der Waals surface area contributed by atoms with Crippen LogP contribution >= 0.6 is 0 Å². The van der Waals surface area contributed by atoms with E-state index in [-0.39, 0.29) is 0 Å². The van der Waals surface area contributed by atoms with Crippen molar-refractivity contribution in [3.8, 4) is 0 Å². The fourth-order valence-electron chi connectivity index (χ4n) is 2.14. The molecule has 0 fully saturated rings. The van der Waals surface area contributed by atoms with E-state index in [4.69, 9.17) is 0 Å². The van der Waals surface area contributed by atoms with E-state index in [0.717, 1.165) is 5.92 Å². The minimum absolute atomic E-state index is 0.402. The lowest BCUT2D eigenvalue weighted by Gasteiger charge is -2.21. The Morgan fingerprint density at radius 1 is 1.13 bits per heavy atom. The average molecular weight is 210 g/mol. The van der Waals surface area contributed by atoms with Crippen LogP contribution in [0.5, 0.6) is 0 Å². The standard InChI is InChI=1S/C15H30/c1-6-8-10-14(3)11-9-13-15(4,5)12-7-2/h7,12,14H,6,8-11,13H2,1-5H3. The summed E-state index contributed by atoms with van der Waals surface area (Å²) in [5, 5.41) is 0. The first-order valence-electron chi connectivity index (χ1n) is 6.65. The molecule has 0 heterocycles. The predicted octanol–water partition coefficient (Wildman–Crippen LogP) is 5.59. The van der Waals surface area contributed by atoms with Crippen molar-refractivity contribution in [2.45, 2.75) is 73.1 Å². The molecule has 0 aliphatic carbocycles. The van der Waals surface area contributed by atoms with Crippen molar-refractivity contribution in [3.05, 3.63) is 12.2 Å². The van der Waals surface area contributed by atoms with E-state index in [2.05, 4.69) is 46.8 Å². The van der Waals surface area contributed by atoms with Gasteiger partial charge in [0.2, 0.25) is 0 Å². The second-order valence-electron chi connectivity index (χ2n) is 5.63. The number of hydrogen-bond acceptors (Lipinski definition) is 0. The van der Waals surface area contributed by atoms with Crippen LogP contribution in [0.4, 0.5) is 0 Å². The molecule has 90 valence electrons. The summed E-state index contributed by atoms with van der Waals surface area (Å²) in [6.45, 7) is 11.5. The van der Waals surface area contributed by atoms with Crippen LogP contribution in [-0.2, 0) is 0 Å². The number of allylic oxidation sites excluding steroid dienone is 2. The van der Waals surface area contributed by atoms with Gasteiger partial charge >= 0.3 is 0 Å². The molecule has 0 N–H and O–H groups in total. The molecule has 0 rings (SSSR count). The Kier molecular flexibility index (Phi) is 7.82. The quantitative estimate of drug-likeness (QED) is 0.458. The highest BCUT2D eigenvalue weighted by atomic mass is 14.2. The van der Waals surface area contributed by atoms with E-state index in [1.165, 1.54) is 38.5 Å². The van der Waals surface area contributed by atoms with Crippen molar-refractivity contribution in [2.75, 3.05) is 0 Å². The molecule has 0 radical (unpaired) electrons. The fraction of sp³-hybridized carbons (Fsp3) is 0.867. The normalized spacial score (nSPS) is 14.7. The van der Waals surface area contributed by atoms with Crippen LogP contribution in [0.3, 0.4) is 0 Å². The highest BCUT2D eigenvalue weighted by Crippen LogP contribution is 2.26. The molecule has 0 aliphatic heterocycles. The number of rotatable bonds is 8. The minimum atomic E-state index is 0.402. The smallest absolute Gasteiger partial charge is 0.0175 e. The topological polar surface area (TPSA) is 0 Å². The highest BCUT2D eigenvalue weighted by Gasteiger charge is 2.13. The lowest BCUT2D eigenvalue weighted by atomic mass is 9.85. The van der Waals surface area contributed by atoms with Crippen LogP contribution in [0.15, 0.2) is 12.2 Å². The van der Waals surface area contributed by atoms with E-state index in [1.807, 2.05) is 0 Å². The minimum Gasteiger partial charge on any atom is -0.0911 e. The van der Waals surface area contributed by atoms with E-state index in [0.29, 0.717) is 5.41 Å². The van der Waals surface area contributed by atoms with Gasteiger partial charge in [0.15, 0.2) is 0 Å². The summed E-state index contributed by atoms with van der Waals surface area (Å²) in [5.41, 5.74) is 0.402. The summed E-state index contributed by atoms with van der Waals surface area (Å²) < 4.78 is 0. The van der Waals surface area contributed by atoms with Gasteiger partial charge in [-0.15, -0.1) is 0 Å². The fourth-order valence-corrected chi connectivity index (χ4v) is 2.14. The maximum atomic E-state index is 2.40.